The highest BCUT2D eigenvalue weighted by Gasteiger charge is 2.24. The fourth-order valence-corrected chi connectivity index (χ4v) is 2.55. The van der Waals surface area contributed by atoms with Gasteiger partial charge in [-0.15, -0.1) is 0 Å². The largest absolute Gasteiger partial charge is 0.492 e. The molecule has 1 N–H and O–H groups in total. The number of aryl methyl sites for hydroxylation is 2. The van der Waals surface area contributed by atoms with Crippen molar-refractivity contribution >= 4 is 5.97 Å². The first-order chi connectivity index (χ1) is 9.56. The average molecular weight is 277 g/mol. The van der Waals surface area contributed by atoms with Crippen molar-refractivity contribution in [1.82, 2.24) is 4.90 Å². The number of hydrogen-bond donors (Lipinski definition) is 1. The van der Waals surface area contributed by atoms with E-state index in [9.17, 15) is 4.79 Å². The lowest BCUT2D eigenvalue weighted by atomic mass is 9.97. The second-order valence-corrected chi connectivity index (χ2v) is 5.57. The van der Waals surface area contributed by atoms with E-state index in [0.717, 1.165) is 43.8 Å². The maximum Gasteiger partial charge on any atom is 0.306 e. The lowest BCUT2D eigenvalue weighted by molar-refractivity contribution is -0.143. The SMILES string of the molecule is Cc1ccc(C)c(OCCN2CCC(C(=O)O)CC2)c1. The van der Waals surface area contributed by atoms with Gasteiger partial charge in [0.15, 0.2) is 0 Å². The number of hydrogen-bond acceptors (Lipinski definition) is 3. The van der Waals surface area contributed by atoms with Gasteiger partial charge in [-0.3, -0.25) is 9.69 Å². The van der Waals surface area contributed by atoms with E-state index in [1.54, 1.807) is 0 Å². The summed E-state index contributed by atoms with van der Waals surface area (Å²) in [5.41, 5.74) is 2.35. The fraction of sp³-hybridized carbons (Fsp3) is 0.562. The molecule has 0 saturated carbocycles. The van der Waals surface area contributed by atoms with Gasteiger partial charge < -0.3 is 9.84 Å². The molecule has 1 aliphatic heterocycles. The molecule has 0 atom stereocenters. The molecule has 0 unspecified atom stereocenters. The van der Waals surface area contributed by atoms with E-state index < -0.39 is 5.97 Å². The predicted molar refractivity (Wildman–Crippen MR) is 78.2 cm³/mol. The van der Waals surface area contributed by atoms with Gasteiger partial charge in [0.2, 0.25) is 0 Å². The molecule has 2 rings (SSSR count). The molecule has 0 aliphatic carbocycles. The van der Waals surface area contributed by atoms with Crippen molar-refractivity contribution in [3.05, 3.63) is 29.3 Å². The van der Waals surface area contributed by atoms with Gasteiger partial charge in [0.05, 0.1) is 5.92 Å². The Balaban J connectivity index is 1.74. The summed E-state index contributed by atoms with van der Waals surface area (Å²) in [4.78, 5) is 13.2. The van der Waals surface area contributed by atoms with Crippen LogP contribution in [0.2, 0.25) is 0 Å². The Morgan fingerprint density at radius 1 is 1.35 bits per heavy atom. The van der Waals surface area contributed by atoms with E-state index >= 15 is 0 Å². The average Bonchev–Trinajstić information content (AvgIpc) is 2.43. The molecular formula is C16H23NO3. The number of benzene rings is 1. The van der Waals surface area contributed by atoms with Gasteiger partial charge in [-0.1, -0.05) is 12.1 Å². The Morgan fingerprint density at radius 2 is 2.05 bits per heavy atom. The number of rotatable bonds is 5. The van der Waals surface area contributed by atoms with Gasteiger partial charge in [-0.05, 0) is 57.0 Å². The van der Waals surface area contributed by atoms with Crippen molar-refractivity contribution < 1.29 is 14.6 Å². The van der Waals surface area contributed by atoms with Crippen LogP contribution in [0.25, 0.3) is 0 Å². The van der Waals surface area contributed by atoms with Crippen molar-refractivity contribution in [2.75, 3.05) is 26.2 Å². The summed E-state index contributed by atoms with van der Waals surface area (Å²) in [6.45, 7) is 7.33. The predicted octanol–water partition coefficient (Wildman–Crippen LogP) is 2.48. The zero-order valence-electron chi connectivity index (χ0n) is 12.3. The molecule has 4 heteroatoms. The molecule has 1 fully saturated rings. The van der Waals surface area contributed by atoms with Gasteiger partial charge in [0, 0.05) is 6.54 Å². The Bertz CT molecular complexity index is 465. The van der Waals surface area contributed by atoms with Crippen molar-refractivity contribution in [3.8, 4) is 5.75 Å². The molecule has 1 aromatic carbocycles. The normalized spacial score (nSPS) is 17.1. The summed E-state index contributed by atoms with van der Waals surface area (Å²) in [5, 5.41) is 8.96. The van der Waals surface area contributed by atoms with Crippen molar-refractivity contribution in [1.29, 1.82) is 0 Å². The molecule has 1 heterocycles. The quantitative estimate of drug-likeness (QED) is 0.898. The minimum absolute atomic E-state index is 0.161. The van der Waals surface area contributed by atoms with Gasteiger partial charge >= 0.3 is 5.97 Å². The molecular weight excluding hydrogens is 254 g/mol. The van der Waals surface area contributed by atoms with Crippen LogP contribution < -0.4 is 4.74 Å². The number of aliphatic carboxylic acids is 1. The molecule has 1 aliphatic rings. The van der Waals surface area contributed by atoms with Crippen LogP contribution in [0.1, 0.15) is 24.0 Å². The maximum atomic E-state index is 10.9. The third-order valence-electron chi connectivity index (χ3n) is 3.95. The number of piperidine rings is 1. The van der Waals surface area contributed by atoms with Crippen LogP contribution in [0.5, 0.6) is 5.75 Å². The highest BCUT2D eigenvalue weighted by Crippen LogP contribution is 2.20. The number of carboxylic acid groups (broad SMARTS) is 1. The molecule has 0 aromatic heterocycles. The summed E-state index contributed by atoms with van der Waals surface area (Å²) < 4.78 is 5.84. The second-order valence-electron chi connectivity index (χ2n) is 5.57. The highest BCUT2D eigenvalue weighted by atomic mass is 16.5. The van der Waals surface area contributed by atoms with E-state index in [4.69, 9.17) is 9.84 Å². The van der Waals surface area contributed by atoms with E-state index in [2.05, 4.69) is 30.0 Å². The summed E-state index contributed by atoms with van der Waals surface area (Å²) >= 11 is 0. The van der Waals surface area contributed by atoms with Crippen molar-refractivity contribution in [3.63, 3.8) is 0 Å². The first-order valence-electron chi connectivity index (χ1n) is 7.21. The minimum Gasteiger partial charge on any atom is -0.492 e. The van der Waals surface area contributed by atoms with Crippen molar-refractivity contribution in [2.45, 2.75) is 26.7 Å². The first-order valence-corrected chi connectivity index (χ1v) is 7.21. The van der Waals surface area contributed by atoms with E-state index in [-0.39, 0.29) is 5.92 Å². The van der Waals surface area contributed by atoms with Crippen LogP contribution in [0.3, 0.4) is 0 Å². The second kappa shape index (κ2) is 6.75. The number of carboxylic acids is 1. The summed E-state index contributed by atoms with van der Waals surface area (Å²) in [6, 6.07) is 6.22. The Hall–Kier alpha value is -1.55. The van der Waals surface area contributed by atoms with Crippen LogP contribution in [0, 0.1) is 19.8 Å². The minimum atomic E-state index is -0.656. The lowest BCUT2D eigenvalue weighted by Crippen LogP contribution is -2.38. The van der Waals surface area contributed by atoms with E-state index in [0.29, 0.717) is 6.61 Å². The van der Waals surface area contributed by atoms with Gasteiger partial charge in [-0.2, -0.15) is 0 Å². The van der Waals surface area contributed by atoms with E-state index in [1.165, 1.54) is 5.56 Å². The third kappa shape index (κ3) is 3.97. The number of carbonyl (C=O) groups is 1. The summed E-state index contributed by atoms with van der Waals surface area (Å²) in [5.74, 6) is 0.132. The van der Waals surface area contributed by atoms with Crippen LogP contribution in [0.4, 0.5) is 0 Å². The smallest absolute Gasteiger partial charge is 0.306 e. The molecule has 0 bridgehead atoms. The number of ether oxygens (including phenoxy) is 1. The summed E-state index contributed by atoms with van der Waals surface area (Å²) in [6.07, 6.45) is 1.50. The van der Waals surface area contributed by atoms with E-state index in [1.807, 2.05) is 6.92 Å². The molecule has 0 spiro atoms. The van der Waals surface area contributed by atoms with Crippen LogP contribution in [0.15, 0.2) is 18.2 Å². The summed E-state index contributed by atoms with van der Waals surface area (Å²) in [7, 11) is 0. The van der Waals surface area contributed by atoms with Crippen molar-refractivity contribution in [2.24, 2.45) is 5.92 Å². The third-order valence-corrected chi connectivity index (χ3v) is 3.95. The zero-order valence-corrected chi connectivity index (χ0v) is 12.3. The molecule has 20 heavy (non-hydrogen) atoms. The Labute approximate surface area is 120 Å². The molecule has 1 saturated heterocycles. The van der Waals surface area contributed by atoms with Crippen LogP contribution >= 0.6 is 0 Å². The Kier molecular flexibility index (Phi) is 5.01. The fourth-order valence-electron chi connectivity index (χ4n) is 2.55. The van der Waals surface area contributed by atoms with Crippen LogP contribution in [-0.2, 0) is 4.79 Å². The zero-order chi connectivity index (χ0) is 14.5. The first kappa shape index (κ1) is 14.9. The molecule has 0 radical (unpaired) electrons. The molecule has 0 amide bonds. The molecule has 4 nitrogen and oxygen atoms in total. The number of likely N-dealkylation sites (tertiary alicyclic amines) is 1. The van der Waals surface area contributed by atoms with Crippen LogP contribution in [-0.4, -0.2) is 42.2 Å². The standard InChI is InChI=1S/C16H23NO3/c1-12-3-4-13(2)15(11-12)20-10-9-17-7-5-14(6-8-17)16(18)19/h3-4,11,14H,5-10H2,1-2H3,(H,18,19). The highest BCUT2D eigenvalue weighted by molar-refractivity contribution is 5.70. The molecule has 110 valence electrons. The monoisotopic (exact) mass is 277 g/mol. The number of nitrogens with zero attached hydrogens (tertiary/aromatic N) is 1. The molecule has 1 aromatic rings. The topological polar surface area (TPSA) is 49.8 Å². The van der Waals surface area contributed by atoms with Gasteiger partial charge in [0.25, 0.3) is 0 Å². The maximum absolute atomic E-state index is 10.9. The van der Waals surface area contributed by atoms with Gasteiger partial charge in [0.1, 0.15) is 12.4 Å². The Morgan fingerprint density at radius 3 is 2.70 bits per heavy atom. The lowest BCUT2D eigenvalue weighted by Gasteiger charge is -2.29. The van der Waals surface area contributed by atoms with Gasteiger partial charge in [-0.25, -0.2) is 0 Å².